The molecule has 158 valence electrons. The van der Waals surface area contributed by atoms with Gasteiger partial charge in [0.2, 0.25) is 0 Å². The van der Waals surface area contributed by atoms with E-state index in [1.54, 1.807) is 86.8 Å². The number of rotatable bonds is 8. The Labute approximate surface area is 180 Å². The number of benzene rings is 3. The van der Waals surface area contributed by atoms with Gasteiger partial charge in [-0.25, -0.2) is 10.2 Å². The number of carbonyl (C=O) groups is 2. The summed E-state index contributed by atoms with van der Waals surface area (Å²) in [5.74, 6) is 0.847. The quantitative estimate of drug-likeness (QED) is 0.260. The van der Waals surface area contributed by atoms with Crippen LogP contribution in [0.15, 0.2) is 84.0 Å². The maximum Gasteiger partial charge on any atom is 0.343 e. The fourth-order valence-electron chi connectivity index (χ4n) is 2.54. The van der Waals surface area contributed by atoms with Crippen LogP contribution >= 0.6 is 0 Å². The number of amides is 1. The fourth-order valence-corrected chi connectivity index (χ4v) is 2.54. The lowest BCUT2D eigenvalue weighted by Gasteiger charge is -2.13. The van der Waals surface area contributed by atoms with Gasteiger partial charge < -0.3 is 14.2 Å². The Morgan fingerprint density at radius 2 is 1.48 bits per heavy atom. The van der Waals surface area contributed by atoms with Crippen molar-refractivity contribution in [1.82, 2.24) is 5.43 Å². The molecule has 31 heavy (non-hydrogen) atoms. The monoisotopic (exact) mass is 418 g/mol. The Morgan fingerprint density at radius 3 is 2.13 bits per heavy atom. The van der Waals surface area contributed by atoms with Crippen molar-refractivity contribution >= 4 is 18.1 Å². The highest BCUT2D eigenvalue weighted by Crippen LogP contribution is 2.18. The van der Waals surface area contributed by atoms with E-state index in [2.05, 4.69) is 10.5 Å². The van der Waals surface area contributed by atoms with Gasteiger partial charge in [0.25, 0.3) is 5.91 Å². The van der Waals surface area contributed by atoms with E-state index in [4.69, 9.17) is 14.2 Å². The molecule has 0 aromatic heterocycles. The molecule has 0 aliphatic carbocycles. The zero-order valence-corrected chi connectivity index (χ0v) is 17.1. The molecule has 7 heteroatoms. The minimum absolute atomic E-state index is 0.388. The van der Waals surface area contributed by atoms with Gasteiger partial charge in [-0.15, -0.1) is 0 Å². The van der Waals surface area contributed by atoms with Crippen LogP contribution in [0.2, 0.25) is 0 Å². The zero-order valence-electron chi connectivity index (χ0n) is 17.1. The van der Waals surface area contributed by atoms with Crippen LogP contribution in [-0.4, -0.2) is 31.3 Å². The first-order chi connectivity index (χ1) is 15.0. The van der Waals surface area contributed by atoms with Gasteiger partial charge >= 0.3 is 5.97 Å². The van der Waals surface area contributed by atoms with Crippen LogP contribution in [0.4, 0.5) is 0 Å². The fraction of sp³-hybridized carbons (Fsp3) is 0.125. The second-order valence-corrected chi connectivity index (χ2v) is 6.49. The van der Waals surface area contributed by atoms with E-state index < -0.39 is 12.1 Å². The highest BCUT2D eigenvalue weighted by atomic mass is 16.5. The third kappa shape index (κ3) is 6.43. The van der Waals surface area contributed by atoms with Crippen molar-refractivity contribution in [2.75, 3.05) is 7.11 Å². The van der Waals surface area contributed by atoms with Crippen LogP contribution in [-0.2, 0) is 4.79 Å². The van der Waals surface area contributed by atoms with Crippen molar-refractivity contribution in [3.8, 4) is 17.2 Å². The average molecular weight is 418 g/mol. The Bertz CT molecular complexity index is 1030. The highest BCUT2D eigenvalue weighted by Gasteiger charge is 2.14. The maximum absolute atomic E-state index is 12.1. The molecular weight excluding hydrogens is 396 g/mol. The van der Waals surface area contributed by atoms with Crippen LogP contribution in [0.3, 0.4) is 0 Å². The summed E-state index contributed by atoms with van der Waals surface area (Å²) in [4.78, 5) is 24.2. The van der Waals surface area contributed by atoms with Crippen LogP contribution in [0, 0.1) is 0 Å². The molecular formula is C24H22N2O5. The van der Waals surface area contributed by atoms with Crippen molar-refractivity contribution in [2.45, 2.75) is 13.0 Å². The van der Waals surface area contributed by atoms with Gasteiger partial charge in [-0.1, -0.05) is 18.2 Å². The van der Waals surface area contributed by atoms with Crippen LogP contribution in [0.5, 0.6) is 17.2 Å². The van der Waals surface area contributed by atoms with Crippen LogP contribution in [0.25, 0.3) is 0 Å². The second-order valence-electron chi connectivity index (χ2n) is 6.49. The van der Waals surface area contributed by atoms with Gasteiger partial charge in [-0.3, -0.25) is 4.79 Å². The van der Waals surface area contributed by atoms with E-state index >= 15 is 0 Å². The van der Waals surface area contributed by atoms with E-state index in [9.17, 15) is 9.59 Å². The predicted molar refractivity (Wildman–Crippen MR) is 117 cm³/mol. The van der Waals surface area contributed by atoms with E-state index in [-0.39, 0.29) is 5.91 Å². The molecule has 0 saturated heterocycles. The Morgan fingerprint density at radius 1 is 0.871 bits per heavy atom. The Hall–Kier alpha value is -4.13. The van der Waals surface area contributed by atoms with Crippen molar-refractivity contribution in [3.05, 3.63) is 90.0 Å². The predicted octanol–water partition coefficient (Wildman–Crippen LogP) is 3.83. The van der Waals surface area contributed by atoms with Gasteiger partial charge in [0.15, 0.2) is 6.10 Å². The number of ether oxygens (including phenoxy) is 3. The summed E-state index contributed by atoms with van der Waals surface area (Å²) in [6, 6.07) is 22.4. The summed E-state index contributed by atoms with van der Waals surface area (Å²) in [6.45, 7) is 1.63. The third-order valence-corrected chi connectivity index (χ3v) is 4.23. The Balaban J connectivity index is 1.48. The molecule has 0 fully saturated rings. The first-order valence-electron chi connectivity index (χ1n) is 9.56. The SMILES string of the molecule is COc1ccc(OC(C)C(=O)N/N=C/c2ccc(OC(=O)c3ccccc3)cc2)cc1. The number of nitrogens with one attached hydrogen (secondary N) is 1. The molecule has 0 radical (unpaired) electrons. The average Bonchev–Trinajstić information content (AvgIpc) is 2.81. The first kappa shape index (κ1) is 21.6. The molecule has 1 unspecified atom stereocenters. The standard InChI is InChI=1S/C24H22N2O5/c1-17(30-21-14-12-20(29-2)13-15-21)23(27)26-25-16-18-8-10-22(11-9-18)31-24(28)19-6-4-3-5-7-19/h3-17H,1-2H3,(H,26,27)/b25-16+. The minimum Gasteiger partial charge on any atom is -0.497 e. The highest BCUT2D eigenvalue weighted by molar-refractivity contribution is 5.91. The lowest BCUT2D eigenvalue weighted by atomic mass is 10.2. The lowest BCUT2D eigenvalue weighted by Crippen LogP contribution is -2.33. The van der Waals surface area contributed by atoms with Gasteiger partial charge in [0.1, 0.15) is 17.2 Å². The van der Waals surface area contributed by atoms with E-state index in [0.29, 0.717) is 22.8 Å². The molecule has 0 saturated carbocycles. The molecule has 3 aromatic rings. The largest absolute Gasteiger partial charge is 0.497 e. The molecule has 0 aliphatic rings. The van der Waals surface area contributed by atoms with Gasteiger partial charge in [-0.2, -0.15) is 5.10 Å². The topological polar surface area (TPSA) is 86.2 Å². The summed E-state index contributed by atoms with van der Waals surface area (Å²) in [5.41, 5.74) is 3.64. The van der Waals surface area contributed by atoms with Crippen LogP contribution in [0.1, 0.15) is 22.8 Å². The third-order valence-electron chi connectivity index (χ3n) is 4.23. The minimum atomic E-state index is -0.731. The summed E-state index contributed by atoms with van der Waals surface area (Å²) in [6.07, 6.45) is 0.756. The molecule has 0 bridgehead atoms. The summed E-state index contributed by atoms with van der Waals surface area (Å²) >= 11 is 0. The molecule has 1 N–H and O–H groups in total. The molecule has 1 amide bonds. The van der Waals surface area contributed by atoms with Gasteiger partial charge in [0.05, 0.1) is 18.9 Å². The number of esters is 1. The number of hydrazone groups is 1. The number of hydrogen-bond acceptors (Lipinski definition) is 6. The zero-order chi connectivity index (χ0) is 22.1. The molecule has 0 spiro atoms. The molecule has 7 nitrogen and oxygen atoms in total. The van der Waals surface area contributed by atoms with E-state index in [1.807, 2.05) is 6.07 Å². The summed E-state index contributed by atoms with van der Waals surface area (Å²) < 4.78 is 16.0. The van der Waals surface area contributed by atoms with Crippen molar-refractivity contribution in [1.29, 1.82) is 0 Å². The molecule has 3 rings (SSSR count). The smallest absolute Gasteiger partial charge is 0.343 e. The van der Waals surface area contributed by atoms with Crippen LogP contribution < -0.4 is 19.6 Å². The number of hydrogen-bond donors (Lipinski definition) is 1. The van der Waals surface area contributed by atoms with Crippen molar-refractivity contribution in [2.24, 2.45) is 5.10 Å². The molecule has 0 heterocycles. The maximum atomic E-state index is 12.1. The Kier molecular flexibility index (Phi) is 7.37. The number of nitrogens with zero attached hydrogens (tertiary/aromatic N) is 1. The molecule has 1 atom stereocenters. The lowest BCUT2D eigenvalue weighted by molar-refractivity contribution is -0.127. The van der Waals surface area contributed by atoms with Gasteiger partial charge in [0, 0.05) is 0 Å². The van der Waals surface area contributed by atoms with Crippen molar-refractivity contribution < 1.29 is 23.8 Å². The van der Waals surface area contributed by atoms with Crippen molar-refractivity contribution in [3.63, 3.8) is 0 Å². The summed E-state index contributed by atoms with van der Waals surface area (Å²) in [5, 5.41) is 3.94. The normalized spacial score (nSPS) is 11.5. The van der Waals surface area contributed by atoms with Gasteiger partial charge in [-0.05, 0) is 73.2 Å². The summed E-state index contributed by atoms with van der Waals surface area (Å²) in [7, 11) is 1.58. The van der Waals surface area contributed by atoms with E-state index in [0.717, 1.165) is 5.56 Å². The first-order valence-corrected chi connectivity index (χ1v) is 9.56. The number of carbonyl (C=O) groups excluding carboxylic acids is 2. The number of methoxy groups -OCH3 is 1. The molecule has 0 aliphatic heterocycles. The second kappa shape index (κ2) is 10.6. The van der Waals surface area contributed by atoms with E-state index in [1.165, 1.54) is 6.21 Å². The molecule has 3 aromatic carbocycles.